The highest BCUT2D eigenvalue weighted by Crippen LogP contribution is 2.23. The van der Waals surface area contributed by atoms with Gasteiger partial charge in [-0.2, -0.15) is 0 Å². The number of hydrogen-bond donors (Lipinski definition) is 3. The van der Waals surface area contributed by atoms with Gasteiger partial charge in [0.25, 0.3) is 5.88 Å². The zero-order valence-corrected chi connectivity index (χ0v) is 20.4. The number of benzene rings is 2. The minimum atomic E-state index is -1.54. The van der Waals surface area contributed by atoms with E-state index in [1.807, 2.05) is 56.3 Å². The highest BCUT2D eigenvalue weighted by atomic mass is 35.5. The van der Waals surface area contributed by atoms with Crippen LogP contribution in [0.1, 0.15) is 36.4 Å². The van der Waals surface area contributed by atoms with Crippen LogP contribution in [-0.4, -0.2) is 50.9 Å². The Morgan fingerprint density at radius 2 is 1.83 bits per heavy atom. The number of aromatic nitrogens is 1. The van der Waals surface area contributed by atoms with Crippen LogP contribution in [0.4, 0.5) is 0 Å². The normalized spacial score (nSPS) is 11.9. The summed E-state index contributed by atoms with van der Waals surface area (Å²) in [6, 6.07) is 15.8. The van der Waals surface area contributed by atoms with Crippen LogP contribution in [0.2, 0.25) is 5.02 Å². The number of carboxylic acid groups (broad SMARTS) is 1. The molecule has 0 spiro atoms. The Labute approximate surface area is 212 Å². The fourth-order valence-corrected chi connectivity index (χ4v) is 3.51. The predicted molar refractivity (Wildman–Crippen MR) is 130 cm³/mol. The number of nitrogens with zero attached hydrogens (tertiary/aromatic N) is 2. The van der Waals surface area contributed by atoms with E-state index in [1.165, 1.54) is 5.01 Å². The zero-order valence-electron chi connectivity index (χ0n) is 19.7. The van der Waals surface area contributed by atoms with Gasteiger partial charge in [-0.05, 0) is 39.9 Å². The minimum absolute atomic E-state index is 0.0140. The lowest BCUT2D eigenvalue weighted by Gasteiger charge is -2.26. The van der Waals surface area contributed by atoms with Crippen LogP contribution in [0.5, 0.6) is 5.88 Å². The smallest absolute Gasteiger partial charge is 0.346 e. The van der Waals surface area contributed by atoms with E-state index in [1.54, 1.807) is 6.07 Å². The summed E-state index contributed by atoms with van der Waals surface area (Å²) < 4.78 is 9.91. The average molecular weight is 516 g/mol. The molecule has 3 N–H and O–H groups in total. The number of hydrogen-bond acceptors (Lipinski definition) is 8. The summed E-state index contributed by atoms with van der Waals surface area (Å²) in [6.45, 7) is 3.35. The van der Waals surface area contributed by atoms with Crippen LogP contribution >= 0.6 is 11.6 Å². The van der Waals surface area contributed by atoms with Crippen molar-refractivity contribution in [2.75, 3.05) is 6.54 Å². The lowest BCUT2D eigenvalue weighted by molar-refractivity contribution is -0.166. The number of aliphatic carboxylic acids is 1. The average Bonchev–Trinajstić information content (AvgIpc) is 3.25. The monoisotopic (exact) mass is 515 g/mol. The van der Waals surface area contributed by atoms with Crippen LogP contribution in [0.3, 0.4) is 0 Å². The van der Waals surface area contributed by atoms with Gasteiger partial charge < -0.3 is 19.5 Å². The maximum atomic E-state index is 12.6. The molecule has 10 nitrogen and oxygen atoms in total. The third-order valence-electron chi connectivity index (χ3n) is 4.98. The topological polar surface area (TPSA) is 142 Å². The third-order valence-corrected chi connectivity index (χ3v) is 5.21. The molecule has 0 fully saturated rings. The quantitative estimate of drug-likeness (QED) is 0.256. The van der Waals surface area contributed by atoms with Crippen molar-refractivity contribution in [3.63, 3.8) is 0 Å². The van der Waals surface area contributed by atoms with E-state index < -0.39 is 29.8 Å². The van der Waals surface area contributed by atoms with Crippen molar-refractivity contribution < 1.29 is 33.9 Å². The molecule has 0 aliphatic heterocycles. The summed E-state index contributed by atoms with van der Waals surface area (Å²) in [7, 11) is 0. The number of carbonyl (C=O) groups excluding carboxylic acids is 2. The van der Waals surface area contributed by atoms with Crippen LogP contribution in [0.15, 0.2) is 59.1 Å². The molecule has 1 atom stereocenters. The molecule has 1 amide bonds. The van der Waals surface area contributed by atoms with Gasteiger partial charge in [-0.3, -0.25) is 15.0 Å². The lowest BCUT2D eigenvalue weighted by atomic mass is 10.0. The maximum Gasteiger partial charge on any atom is 0.346 e. The Hall–Kier alpha value is -3.89. The molecule has 2 aromatic carbocycles. The van der Waals surface area contributed by atoms with E-state index in [0.29, 0.717) is 5.02 Å². The second-order valence-corrected chi connectivity index (χ2v) is 8.93. The molecule has 0 unspecified atom stereocenters. The highest BCUT2D eigenvalue weighted by Gasteiger charge is 2.27. The van der Waals surface area contributed by atoms with E-state index >= 15 is 0 Å². The molecular formula is C25H26ClN3O7. The number of amides is 1. The molecule has 0 aliphatic rings. The molecule has 1 aromatic heterocycles. The van der Waals surface area contributed by atoms with Crippen molar-refractivity contribution in [2.24, 2.45) is 5.92 Å². The molecule has 0 radical (unpaired) electrons. The fourth-order valence-electron chi connectivity index (χ4n) is 3.32. The number of esters is 1. The van der Waals surface area contributed by atoms with Crippen molar-refractivity contribution in [1.82, 2.24) is 15.6 Å². The number of ether oxygens (including phenoxy) is 1. The summed E-state index contributed by atoms with van der Waals surface area (Å²) >= 11 is 6.07. The van der Waals surface area contributed by atoms with Gasteiger partial charge in [0, 0.05) is 18.0 Å². The van der Waals surface area contributed by atoms with Gasteiger partial charge in [-0.1, -0.05) is 61.8 Å². The van der Waals surface area contributed by atoms with Crippen LogP contribution in [0, 0.1) is 5.92 Å². The van der Waals surface area contributed by atoms with E-state index in [4.69, 9.17) is 20.9 Å². The van der Waals surface area contributed by atoms with Gasteiger partial charge in [-0.15, -0.1) is 0 Å². The second kappa shape index (κ2) is 12.2. The van der Waals surface area contributed by atoms with Gasteiger partial charge >= 0.3 is 17.8 Å². The summed E-state index contributed by atoms with van der Waals surface area (Å²) in [5.41, 5.74) is 5.10. The van der Waals surface area contributed by atoms with Gasteiger partial charge in [0.05, 0.1) is 12.6 Å². The molecule has 0 bridgehead atoms. The largest absolute Gasteiger partial charge is 0.491 e. The summed E-state index contributed by atoms with van der Waals surface area (Å²) in [5, 5.41) is 24.1. The van der Waals surface area contributed by atoms with Crippen molar-refractivity contribution >= 4 is 29.4 Å². The molecule has 190 valence electrons. The zero-order chi connectivity index (χ0) is 26.2. The van der Waals surface area contributed by atoms with E-state index in [9.17, 15) is 24.6 Å². The molecule has 11 heteroatoms. The molecule has 3 aromatic rings. The van der Waals surface area contributed by atoms with Crippen molar-refractivity contribution in [3.05, 3.63) is 70.9 Å². The number of carbonyl (C=O) groups is 3. The SMILES string of the molecule is CC(C)CC(=O)O[C@H](CN(Cc1ccc(-c2cccc(Cl)c2)cc1)NC(=O)c1cc(O)no1)C(=O)O. The van der Waals surface area contributed by atoms with Crippen LogP contribution in [0.25, 0.3) is 11.1 Å². The minimum Gasteiger partial charge on any atom is -0.491 e. The van der Waals surface area contributed by atoms with E-state index in [2.05, 4.69) is 10.6 Å². The first-order chi connectivity index (χ1) is 17.1. The van der Waals surface area contributed by atoms with E-state index in [0.717, 1.165) is 22.8 Å². The second-order valence-electron chi connectivity index (χ2n) is 8.49. The number of carboxylic acids is 1. The van der Waals surface area contributed by atoms with Gasteiger partial charge in [0.1, 0.15) is 0 Å². The molecule has 36 heavy (non-hydrogen) atoms. The van der Waals surface area contributed by atoms with E-state index in [-0.39, 0.29) is 31.2 Å². The van der Waals surface area contributed by atoms with Crippen molar-refractivity contribution in [3.8, 4) is 17.0 Å². The number of rotatable bonds is 11. The summed E-state index contributed by atoms with van der Waals surface area (Å²) in [6.07, 6.45) is -1.48. The molecule has 0 saturated heterocycles. The van der Waals surface area contributed by atoms with Crippen molar-refractivity contribution in [2.45, 2.75) is 32.9 Å². The molecule has 1 heterocycles. The fraction of sp³-hybridized carbons (Fsp3) is 0.280. The Morgan fingerprint density at radius 1 is 1.11 bits per heavy atom. The molecule has 0 saturated carbocycles. The highest BCUT2D eigenvalue weighted by molar-refractivity contribution is 6.30. The predicted octanol–water partition coefficient (Wildman–Crippen LogP) is 3.89. The number of nitrogens with one attached hydrogen (secondary N) is 1. The van der Waals surface area contributed by atoms with Crippen LogP contribution < -0.4 is 5.43 Å². The maximum absolute atomic E-state index is 12.6. The Kier molecular flexibility index (Phi) is 9.04. The first-order valence-electron chi connectivity index (χ1n) is 11.1. The lowest BCUT2D eigenvalue weighted by Crippen LogP contribution is -2.48. The van der Waals surface area contributed by atoms with Gasteiger partial charge in [0.2, 0.25) is 11.9 Å². The van der Waals surface area contributed by atoms with Gasteiger partial charge in [-0.25, -0.2) is 9.80 Å². The first kappa shape index (κ1) is 26.7. The summed E-state index contributed by atoms with van der Waals surface area (Å²) in [5.74, 6) is -3.56. The number of halogens is 1. The Bertz CT molecular complexity index is 1210. The third kappa shape index (κ3) is 7.82. The summed E-state index contributed by atoms with van der Waals surface area (Å²) in [4.78, 5) is 36.5. The molecular weight excluding hydrogens is 490 g/mol. The van der Waals surface area contributed by atoms with Crippen LogP contribution in [-0.2, 0) is 20.9 Å². The van der Waals surface area contributed by atoms with Gasteiger partial charge in [0.15, 0.2) is 0 Å². The number of hydrazine groups is 1. The molecule has 3 rings (SSSR count). The first-order valence-corrected chi connectivity index (χ1v) is 11.5. The Morgan fingerprint density at radius 3 is 2.42 bits per heavy atom. The Balaban J connectivity index is 1.79. The standard InChI is InChI=1S/C25H26ClN3O7/c1-15(2)10-23(31)35-21(25(33)34)14-29(27-24(32)20-12-22(30)28-36-20)13-16-6-8-17(9-7-16)18-4-3-5-19(26)11-18/h3-9,11-12,15,21H,10,13-14H2,1-2H3,(H,27,32)(H,28,30)(H,33,34)/t21-/m1/s1. The number of aromatic hydroxyl groups is 1. The van der Waals surface area contributed by atoms with Crippen molar-refractivity contribution in [1.29, 1.82) is 0 Å². The molecule has 0 aliphatic carbocycles.